The Hall–Kier alpha value is -1.13. The van der Waals surface area contributed by atoms with Gasteiger partial charge in [0.15, 0.2) is 11.6 Å². The van der Waals surface area contributed by atoms with Crippen molar-refractivity contribution < 1.29 is 19.0 Å². The molecule has 0 radical (unpaired) electrons. The number of halogens is 1. The van der Waals surface area contributed by atoms with E-state index in [1.165, 1.54) is 7.11 Å². The van der Waals surface area contributed by atoms with Gasteiger partial charge in [-0.1, -0.05) is 12.1 Å². The number of aliphatic hydroxyl groups excluding tert-OH is 1. The Bertz CT molecular complexity index is 389. The molecule has 1 N–H and O–H groups in total. The van der Waals surface area contributed by atoms with Crippen LogP contribution in [-0.2, 0) is 4.74 Å². The van der Waals surface area contributed by atoms with Crippen molar-refractivity contribution in [2.45, 2.75) is 37.9 Å². The summed E-state index contributed by atoms with van der Waals surface area (Å²) in [6.07, 6.45) is 2.80. The minimum Gasteiger partial charge on any atom is -0.494 e. The first kappa shape index (κ1) is 13.3. The maximum Gasteiger partial charge on any atom is 0.170 e. The van der Waals surface area contributed by atoms with Crippen LogP contribution in [0.15, 0.2) is 18.2 Å². The molecule has 1 aromatic carbocycles. The highest BCUT2D eigenvalue weighted by Gasteiger charge is 2.20. The molecule has 1 saturated heterocycles. The van der Waals surface area contributed by atoms with Gasteiger partial charge in [-0.3, -0.25) is 0 Å². The lowest BCUT2D eigenvalue weighted by molar-refractivity contribution is 0.0802. The van der Waals surface area contributed by atoms with E-state index in [9.17, 15) is 9.50 Å². The summed E-state index contributed by atoms with van der Waals surface area (Å²) in [4.78, 5) is 0. The second-order valence-corrected chi connectivity index (χ2v) is 4.59. The van der Waals surface area contributed by atoms with Crippen molar-refractivity contribution in [1.82, 2.24) is 0 Å². The minimum atomic E-state index is -0.802. The second-order valence-electron chi connectivity index (χ2n) is 4.59. The van der Waals surface area contributed by atoms with Gasteiger partial charge in [0.2, 0.25) is 0 Å². The number of aliphatic hydroxyl groups is 1. The van der Waals surface area contributed by atoms with E-state index in [0.29, 0.717) is 12.0 Å². The zero-order valence-corrected chi connectivity index (χ0v) is 10.6. The lowest BCUT2D eigenvalue weighted by Crippen LogP contribution is -2.09. The first-order chi connectivity index (χ1) is 8.72. The molecule has 0 saturated carbocycles. The number of hydrogen-bond donors (Lipinski definition) is 1. The quantitative estimate of drug-likeness (QED) is 0.878. The van der Waals surface area contributed by atoms with Crippen LogP contribution in [0, 0.1) is 5.82 Å². The standard InChI is InChI=1S/C14H19FO3/c1-17-13-6-2-5-11(14(13)15)12(16)8-7-10-4-3-9-18-10/h2,5-6,10,12,16H,3-4,7-9H2,1H3. The first-order valence-electron chi connectivity index (χ1n) is 6.34. The van der Waals surface area contributed by atoms with E-state index in [4.69, 9.17) is 9.47 Å². The zero-order valence-electron chi connectivity index (χ0n) is 10.6. The first-order valence-corrected chi connectivity index (χ1v) is 6.34. The predicted octanol–water partition coefficient (Wildman–Crippen LogP) is 2.83. The fraction of sp³-hybridized carbons (Fsp3) is 0.571. The van der Waals surface area contributed by atoms with E-state index in [2.05, 4.69) is 0 Å². The van der Waals surface area contributed by atoms with Crippen molar-refractivity contribution in [3.63, 3.8) is 0 Å². The summed E-state index contributed by atoms with van der Waals surface area (Å²) in [7, 11) is 1.42. The van der Waals surface area contributed by atoms with Crippen molar-refractivity contribution in [3.8, 4) is 5.75 Å². The summed E-state index contributed by atoms with van der Waals surface area (Å²) in [6.45, 7) is 0.800. The Morgan fingerprint density at radius 1 is 1.56 bits per heavy atom. The van der Waals surface area contributed by atoms with Crippen molar-refractivity contribution in [2.24, 2.45) is 0 Å². The SMILES string of the molecule is COc1cccc(C(O)CCC2CCCO2)c1F. The largest absolute Gasteiger partial charge is 0.494 e. The molecule has 100 valence electrons. The maximum absolute atomic E-state index is 13.9. The lowest BCUT2D eigenvalue weighted by Gasteiger charge is -2.15. The van der Waals surface area contributed by atoms with E-state index in [1.54, 1.807) is 18.2 Å². The fourth-order valence-electron chi connectivity index (χ4n) is 2.31. The molecule has 0 aromatic heterocycles. The van der Waals surface area contributed by atoms with Crippen LogP contribution in [0.1, 0.15) is 37.4 Å². The average molecular weight is 254 g/mol. The van der Waals surface area contributed by atoms with Crippen molar-refractivity contribution >= 4 is 0 Å². The van der Waals surface area contributed by atoms with Gasteiger partial charge in [-0.15, -0.1) is 0 Å². The predicted molar refractivity (Wildman–Crippen MR) is 66.1 cm³/mol. The van der Waals surface area contributed by atoms with Crippen LogP contribution < -0.4 is 4.74 Å². The zero-order chi connectivity index (χ0) is 13.0. The molecular weight excluding hydrogens is 235 g/mol. The van der Waals surface area contributed by atoms with E-state index in [-0.39, 0.29) is 11.9 Å². The van der Waals surface area contributed by atoms with Gasteiger partial charge >= 0.3 is 0 Å². The molecule has 0 aliphatic carbocycles. The van der Waals surface area contributed by atoms with E-state index >= 15 is 0 Å². The number of rotatable bonds is 5. The summed E-state index contributed by atoms with van der Waals surface area (Å²) >= 11 is 0. The molecule has 0 bridgehead atoms. The molecule has 1 aliphatic heterocycles. The van der Waals surface area contributed by atoms with Crippen molar-refractivity contribution in [1.29, 1.82) is 0 Å². The number of ether oxygens (including phenoxy) is 2. The highest BCUT2D eigenvalue weighted by molar-refractivity contribution is 5.32. The van der Waals surface area contributed by atoms with Crippen LogP contribution in [0.4, 0.5) is 4.39 Å². The molecule has 2 atom stereocenters. The third kappa shape index (κ3) is 3.00. The molecule has 18 heavy (non-hydrogen) atoms. The van der Waals surface area contributed by atoms with E-state index in [0.717, 1.165) is 25.9 Å². The smallest absolute Gasteiger partial charge is 0.170 e. The molecular formula is C14H19FO3. The van der Waals surface area contributed by atoms with Gasteiger partial charge in [0.1, 0.15) is 0 Å². The Kier molecular flexibility index (Phi) is 4.55. The van der Waals surface area contributed by atoms with Crippen molar-refractivity contribution in [3.05, 3.63) is 29.6 Å². The molecule has 0 amide bonds. The summed E-state index contributed by atoms with van der Waals surface area (Å²) < 4.78 is 24.3. The van der Waals surface area contributed by atoms with Gasteiger partial charge in [0.05, 0.1) is 19.3 Å². The minimum absolute atomic E-state index is 0.170. The van der Waals surface area contributed by atoms with Crippen LogP contribution in [0.25, 0.3) is 0 Å². The summed E-state index contributed by atoms with van der Waals surface area (Å²) in [6, 6.07) is 4.83. The second kappa shape index (κ2) is 6.16. The van der Waals surface area contributed by atoms with Crippen molar-refractivity contribution in [2.75, 3.05) is 13.7 Å². The Morgan fingerprint density at radius 3 is 3.06 bits per heavy atom. The number of hydrogen-bond acceptors (Lipinski definition) is 3. The Labute approximate surface area is 107 Å². The molecule has 1 fully saturated rings. The topological polar surface area (TPSA) is 38.7 Å². The lowest BCUT2D eigenvalue weighted by atomic mass is 10.0. The molecule has 0 spiro atoms. The monoisotopic (exact) mass is 254 g/mol. The summed E-state index contributed by atoms with van der Waals surface area (Å²) in [5, 5.41) is 10.0. The van der Waals surface area contributed by atoms with Gasteiger partial charge in [-0.25, -0.2) is 4.39 Å². The molecule has 2 rings (SSSR count). The summed E-state index contributed by atoms with van der Waals surface area (Å²) in [5.74, 6) is -0.302. The molecule has 1 aliphatic rings. The van der Waals surface area contributed by atoms with Gasteiger partial charge in [-0.2, -0.15) is 0 Å². The fourth-order valence-corrected chi connectivity index (χ4v) is 2.31. The molecule has 1 aromatic rings. The van der Waals surface area contributed by atoms with Gasteiger partial charge in [0.25, 0.3) is 0 Å². The number of methoxy groups -OCH3 is 1. The molecule has 1 heterocycles. The van der Waals surface area contributed by atoms with Gasteiger partial charge in [-0.05, 0) is 31.7 Å². The van der Waals surface area contributed by atoms with Crippen LogP contribution in [0.5, 0.6) is 5.75 Å². The molecule has 3 nitrogen and oxygen atoms in total. The Morgan fingerprint density at radius 2 is 2.39 bits per heavy atom. The van der Waals surface area contributed by atoms with Gasteiger partial charge < -0.3 is 14.6 Å². The normalized spacial score (nSPS) is 20.9. The third-order valence-corrected chi connectivity index (χ3v) is 3.36. The van der Waals surface area contributed by atoms with Crippen LogP contribution in [0.2, 0.25) is 0 Å². The summed E-state index contributed by atoms with van der Waals surface area (Å²) in [5.41, 5.74) is 0.298. The Balaban J connectivity index is 1.97. The molecule has 2 unspecified atom stereocenters. The van der Waals surface area contributed by atoms with Gasteiger partial charge in [0, 0.05) is 12.2 Å². The highest BCUT2D eigenvalue weighted by atomic mass is 19.1. The highest BCUT2D eigenvalue weighted by Crippen LogP contribution is 2.29. The van der Waals surface area contributed by atoms with E-state index < -0.39 is 11.9 Å². The number of benzene rings is 1. The average Bonchev–Trinajstić information content (AvgIpc) is 2.89. The van der Waals surface area contributed by atoms with Crippen LogP contribution in [0.3, 0.4) is 0 Å². The van der Waals surface area contributed by atoms with E-state index in [1.807, 2.05) is 0 Å². The molecule has 4 heteroatoms. The van der Waals surface area contributed by atoms with Crippen LogP contribution >= 0.6 is 0 Å². The third-order valence-electron chi connectivity index (χ3n) is 3.36. The van der Waals surface area contributed by atoms with Crippen LogP contribution in [-0.4, -0.2) is 24.9 Å². The maximum atomic E-state index is 13.9.